The van der Waals surface area contributed by atoms with Crippen LogP contribution in [-0.4, -0.2) is 20.8 Å². The molecule has 0 radical (unpaired) electrons. The molecule has 1 amide bonds. The van der Waals surface area contributed by atoms with Crippen molar-refractivity contribution in [1.29, 1.82) is 0 Å². The first-order chi connectivity index (χ1) is 16.6. The lowest BCUT2D eigenvalue weighted by Crippen LogP contribution is -2.07. The molecule has 9 heteroatoms. The van der Waals surface area contributed by atoms with Gasteiger partial charge in [-0.05, 0) is 60.7 Å². The molecule has 166 valence electrons. The van der Waals surface area contributed by atoms with Crippen LogP contribution in [0.3, 0.4) is 0 Å². The van der Waals surface area contributed by atoms with Crippen molar-refractivity contribution in [3.63, 3.8) is 0 Å². The lowest BCUT2D eigenvalue weighted by Gasteiger charge is -2.02. The van der Waals surface area contributed by atoms with Crippen molar-refractivity contribution in [2.24, 2.45) is 0 Å². The van der Waals surface area contributed by atoms with E-state index in [4.69, 9.17) is 8.83 Å². The van der Waals surface area contributed by atoms with E-state index in [0.717, 1.165) is 5.56 Å². The summed E-state index contributed by atoms with van der Waals surface area (Å²) in [5.74, 6) is 0.821. The van der Waals surface area contributed by atoms with Gasteiger partial charge in [0.15, 0.2) is 11.2 Å². The Balaban J connectivity index is 1.25. The van der Waals surface area contributed by atoms with Gasteiger partial charge in [0, 0.05) is 29.6 Å². The van der Waals surface area contributed by atoms with Crippen molar-refractivity contribution in [3.8, 4) is 22.8 Å². The van der Waals surface area contributed by atoms with Gasteiger partial charge in [-0.3, -0.25) is 14.9 Å². The number of hydrogen-bond donors (Lipinski definition) is 1. The van der Waals surface area contributed by atoms with Crippen molar-refractivity contribution >= 4 is 34.6 Å². The number of nitrogens with zero attached hydrogens (tertiary/aromatic N) is 3. The largest absolute Gasteiger partial charge is 0.456 e. The van der Waals surface area contributed by atoms with Crippen LogP contribution in [0.1, 0.15) is 5.76 Å². The Labute approximate surface area is 192 Å². The molecular formula is C25H16N4O5. The lowest BCUT2D eigenvalue weighted by atomic mass is 10.1. The molecule has 34 heavy (non-hydrogen) atoms. The maximum absolute atomic E-state index is 12.3. The third kappa shape index (κ3) is 4.30. The fraction of sp³-hybridized carbons (Fsp3) is 0. The number of benzene rings is 2. The highest BCUT2D eigenvalue weighted by atomic mass is 16.6. The van der Waals surface area contributed by atoms with Crippen molar-refractivity contribution in [1.82, 2.24) is 9.97 Å². The van der Waals surface area contributed by atoms with Crippen LogP contribution in [0.2, 0.25) is 0 Å². The van der Waals surface area contributed by atoms with Crippen LogP contribution in [-0.2, 0) is 4.79 Å². The van der Waals surface area contributed by atoms with Gasteiger partial charge in [-0.1, -0.05) is 12.1 Å². The second kappa shape index (κ2) is 8.83. The number of amides is 1. The van der Waals surface area contributed by atoms with Gasteiger partial charge in [-0.15, -0.1) is 0 Å². The molecule has 2 aromatic carbocycles. The number of aromatic nitrogens is 2. The number of fused-ring (bicyclic) bond motifs is 1. The Kier molecular flexibility index (Phi) is 5.41. The highest BCUT2D eigenvalue weighted by molar-refractivity contribution is 6.01. The number of pyridine rings is 1. The van der Waals surface area contributed by atoms with Crippen molar-refractivity contribution in [3.05, 3.63) is 101 Å². The molecular weight excluding hydrogens is 436 g/mol. The number of anilines is 1. The summed E-state index contributed by atoms with van der Waals surface area (Å²) in [6, 6.07) is 20.2. The van der Waals surface area contributed by atoms with E-state index in [-0.39, 0.29) is 11.6 Å². The molecule has 0 saturated carbocycles. The predicted octanol–water partition coefficient (Wildman–Crippen LogP) is 5.71. The van der Waals surface area contributed by atoms with E-state index in [1.807, 2.05) is 0 Å². The van der Waals surface area contributed by atoms with E-state index < -0.39 is 4.92 Å². The molecule has 0 atom stereocenters. The third-order valence-corrected chi connectivity index (χ3v) is 4.96. The molecule has 0 fully saturated rings. The number of furan rings is 1. The van der Waals surface area contributed by atoms with Crippen molar-refractivity contribution < 1.29 is 18.6 Å². The molecule has 0 aliphatic carbocycles. The van der Waals surface area contributed by atoms with Crippen LogP contribution >= 0.6 is 0 Å². The lowest BCUT2D eigenvalue weighted by molar-refractivity contribution is -0.384. The average molecular weight is 452 g/mol. The minimum atomic E-state index is -0.465. The standard InChI is InChI=1S/C25H16N4O5/c30-23(14-12-18-11-13-21(33-18)19-4-1-2-5-20(19)29(31)32)27-17-9-7-16(8-10-17)25-28-24-22(34-25)6-3-15-26-24/h1-15H,(H,27,30). The minimum Gasteiger partial charge on any atom is -0.456 e. The second-order valence-corrected chi connectivity index (χ2v) is 7.22. The summed E-state index contributed by atoms with van der Waals surface area (Å²) in [5, 5.41) is 14.0. The van der Waals surface area contributed by atoms with E-state index >= 15 is 0 Å². The Morgan fingerprint density at radius 2 is 1.79 bits per heavy atom. The van der Waals surface area contributed by atoms with E-state index in [2.05, 4.69) is 15.3 Å². The van der Waals surface area contributed by atoms with Gasteiger partial charge in [-0.25, -0.2) is 4.98 Å². The van der Waals surface area contributed by atoms with Crippen LogP contribution in [0.5, 0.6) is 0 Å². The van der Waals surface area contributed by atoms with Gasteiger partial charge in [0.1, 0.15) is 11.5 Å². The summed E-state index contributed by atoms with van der Waals surface area (Å²) in [7, 11) is 0. The first-order valence-electron chi connectivity index (χ1n) is 10.2. The summed E-state index contributed by atoms with van der Waals surface area (Å²) < 4.78 is 11.4. The van der Waals surface area contributed by atoms with Crippen LogP contribution in [0.15, 0.2) is 93.9 Å². The number of nitro groups is 1. The molecule has 5 rings (SSSR count). The highest BCUT2D eigenvalue weighted by Crippen LogP contribution is 2.31. The monoisotopic (exact) mass is 452 g/mol. The minimum absolute atomic E-state index is 0.0531. The molecule has 0 unspecified atom stereocenters. The first-order valence-corrected chi connectivity index (χ1v) is 10.2. The van der Waals surface area contributed by atoms with E-state index in [0.29, 0.717) is 39.9 Å². The molecule has 1 N–H and O–H groups in total. The molecule has 3 aromatic heterocycles. The quantitative estimate of drug-likeness (QED) is 0.199. The zero-order chi connectivity index (χ0) is 23.5. The van der Waals surface area contributed by atoms with Crippen LogP contribution in [0.4, 0.5) is 11.4 Å². The number of hydrogen-bond acceptors (Lipinski definition) is 7. The van der Waals surface area contributed by atoms with Crippen molar-refractivity contribution in [2.75, 3.05) is 5.32 Å². The normalized spacial score (nSPS) is 11.2. The first kappa shape index (κ1) is 20.8. The summed E-state index contributed by atoms with van der Waals surface area (Å²) in [5.41, 5.74) is 2.79. The maximum Gasteiger partial charge on any atom is 0.280 e. The van der Waals surface area contributed by atoms with E-state index in [9.17, 15) is 14.9 Å². The summed E-state index contributed by atoms with van der Waals surface area (Å²) >= 11 is 0. The molecule has 0 spiro atoms. The molecule has 5 aromatic rings. The summed E-state index contributed by atoms with van der Waals surface area (Å²) in [6.07, 6.45) is 4.46. The number of oxazole rings is 1. The maximum atomic E-state index is 12.3. The Morgan fingerprint density at radius 1 is 0.971 bits per heavy atom. The number of carbonyl (C=O) groups is 1. The fourth-order valence-electron chi connectivity index (χ4n) is 3.36. The van der Waals surface area contributed by atoms with Crippen molar-refractivity contribution in [2.45, 2.75) is 0 Å². The number of rotatable bonds is 6. The fourth-order valence-corrected chi connectivity index (χ4v) is 3.36. The SMILES string of the molecule is O=C(C=Cc1ccc(-c2ccccc2[N+](=O)[O-])o1)Nc1ccc(-c2nc3ncccc3o2)cc1. The number of nitro benzene ring substituents is 1. The molecule has 0 aliphatic heterocycles. The molecule has 3 heterocycles. The molecule has 9 nitrogen and oxygen atoms in total. The van der Waals surface area contributed by atoms with Gasteiger partial charge in [0.2, 0.25) is 11.8 Å². The molecule has 0 bridgehead atoms. The topological polar surface area (TPSA) is 124 Å². The average Bonchev–Trinajstić information content (AvgIpc) is 3.50. The number of para-hydroxylation sites is 1. The van der Waals surface area contributed by atoms with Gasteiger partial charge >= 0.3 is 0 Å². The van der Waals surface area contributed by atoms with Gasteiger partial charge in [-0.2, -0.15) is 4.98 Å². The smallest absolute Gasteiger partial charge is 0.280 e. The van der Waals surface area contributed by atoms with Crippen LogP contribution in [0, 0.1) is 10.1 Å². The van der Waals surface area contributed by atoms with Crippen LogP contribution < -0.4 is 5.32 Å². The van der Waals surface area contributed by atoms with Crippen LogP contribution in [0.25, 0.3) is 40.1 Å². The van der Waals surface area contributed by atoms with E-state index in [1.165, 1.54) is 18.2 Å². The van der Waals surface area contributed by atoms with Gasteiger partial charge < -0.3 is 14.2 Å². The second-order valence-electron chi connectivity index (χ2n) is 7.22. The Morgan fingerprint density at radius 3 is 2.59 bits per heavy atom. The highest BCUT2D eigenvalue weighted by Gasteiger charge is 2.16. The summed E-state index contributed by atoms with van der Waals surface area (Å²) in [6.45, 7) is 0. The van der Waals surface area contributed by atoms with Gasteiger partial charge in [0.05, 0.1) is 10.5 Å². The molecule has 0 aliphatic rings. The van der Waals surface area contributed by atoms with Gasteiger partial charge in [0.25, 0.3) is 5.69 Å². The number of nitrogens with one attached hydrogen (secondary N) is 1. The Hall–Kier alpha value is -5.05. The zero-order valence-electron chi connectivity index (χ0n) is 17.5. The zero-order valence-corrected chi connectivity index (χ0v) is 17.5. The third-order valence-electron chi connectivity index (χ3n) is 4.96. The summed E-state index contributed by atoms with van der Waals surface area (Å²) in [4.78, 5) is 31.6. The van der Waals surface area contributed by atoms with E-state index in [1.54, 1.807) is 72.9 Å². The molecule has 0 saturated heterocycles. The predicted molar refractivity (Wildman–Crippen MR) is 126 cm³/mol. The number of carbonyl (C=O) groups excluding carboxylic acids is 1. The Bertz CT molecular complexity index is 1500.